The average molecular weight is 422 g/mol. The van der Waals surface area contributed by atoms with Crippen molar-refractivity contribution in [3.8, 4) is 0 Å². The van der Waals surface area contributed by atoms with Gasteiger partial charge >= 0.3 is 0 Å². The van der Waals surface area contributed by atoms with Gasteiger partial charge in [-0.05, 0) is 76.8 Å². The number of fused-ring (bicyclic) bond motifs is 6. The fourth-order valence-electron chi connectivity index (χ4n) is 5.34. The predicted molar refractivity (Wildman–Crippen MR) is 137 cm³/mol. The molecule has 33 heavy (non-hydrogen) atoms. The first kappa shape index (κ1) is 18.1. The Balaban J connectivity index is 0.000000340. The van der Waals surface area contributed by atoms with Gasteiger partial charge in [0.2, 0.25) is 0 Å². The van der Waals surface area contributed by atoms with Crippen molar-refractivity contribution in [2.45, 2.75) is 0 Å². The molecule has 3 heteroatoms. The smallest absolute Gasteiger partial charge is 0.144 e. The first-order valence-electron chi connectivity index (χ1n) is 11.0. The van der Waals surface area contributed by atoms with Crippen molar-refractivity contribution in [1.29, 1.82) is 0 Å². The van der Waals surface area contributed by atoms with Gasteiger partial charge in [-0.2, -0.15) is 0 Å². The molecule has 0 radical (unpaired) electrons. The van der Waals surface area contributed by atoms with E-state index in [4.69, 9.17) is 0 Å². The van der Waals surface area contributed by atoms with Gasteiger partial charge in [-0.3, -0.25) is 0 Å². The number of benzene rings is 7. The predicted octanol–water partition coefficient (Wildman–Crippen LogP) is 8.11. The molecule has 0 aliphatic heterocycles. The summed E-state index contributed by atoms with van der Waals surface area (Å²) in [6.07, 6.45) is 2.88. The van der Waals surface area contributed by atoms with Crippen LogP contribution in [0.5, 0.6) is 0 Å². The fourth-order valence-corrected chi connectivity index (χ4v) is 5.34. The summed E-state index contributed by atoms with van der Waals surface area (Å²) in [5, 5.41) is 22.6. The largest absolute Gasteiger partial charge is 0.346 e. The number of hydrogen-bond acceptors (Lipinski definition) is 3. The molecule has 0 bridgehead atoms. The van der Waals surface area contributed by atoms with E-state index in [9.17, 15) is 0 Å². The maximum Gasteiger partial charge on any atom is 0.144 e. The van der Waals surface area contributed by atoms with Crippen molar-refractivity contribution in [2.75, 3.05) is 0 Å². The molecule has 0 saturated heterocycles. The highest BCUT2D eigenvalue weighted by molar-refractivity contribution is 6.38. The van der Waals surface area contributed by atoms with Crippen LogP contribution in [0.15, 0.2) is 114 Å². The highest BCUT2D eigenvalue weighted by atomic mass is 16.5. The number of rotatable bonds is 0. The molecule has 0 N–H and O–H groups in total. The topological polar surface area (TPSA) is 38.9 Å². The molecule has 1 aromatic heterocycles. The molecular formula is C30H18N2O. The molecule has 0 saturated carbocycles. The zero-order chi connectivity index (χ0) is 21.8. The van der Waals surface area contributed by atoms with Crippen molar-refractivity contribution in [1.82, 2.24) is 10.4 Å². The summed E-state index contributed by atoms with van der Waals surface area (Å²) in [7, 11) is 0. The average Bonchev–Trinajstić information content (AvgIpc) is 3.47. The van der Waals surface area contributed by atoms with Gasteiger partial charge in [-0.1, -0.05) is 84.9 Å². The van der Waals surface area contributed by atoms with Gasteiger partial charge in [0.1, 0.15) is 6.26 Å². The highest BCUT2D eigenvalue weighted by Gasteiger charge is 2.15. The lowest BCUT2D eigenvalue weighted by Crippen LogP contribution is -1.89. The summed E-state index contributed by atoms with van der Waals surface area (Å²) >= 11 is 0. The normalized spacial score (nSPS) is 11.6. The molecule has 7 aromatic carbocycles. The lowest BCUT2D eigenvalue weighted by molar-refractivity contribution is 0.393. The zero-order valence-electron chi connectivity index (χ0n) is 17.7. The highest BCUT2D eigenvalue weighted by Crippen LogP contribution is 2.44. The molecule has 154 valence electrons. The zero-order valence-corrected chi connectivity index (χ0v) is 17.7. The van der Waals surface area contributed by atoms with Crippen LogP contribution in [0.25, 0.3) is 64.6 Å². The monoisotopic (exact) mass is 422 g/mol. The van der Waals surface area contributed by atoms with Crippen LogP contribution >= 0.6 is 0 Å². The summed E-state index contributed by atoms with van der Waals surface area (Å²) in [4.78, 5) is 0. The molecule has 0 spiro atoms. The molecule has 1 heterocycles. The van der Waals surface area contributed by atoms with Crippen molar-refractivity contribution >= 4 is 64.6 Å². The first-order chi connectivity index (χ1) is 16.4. The van der Waals surface area contributed by atoms with Crippen molar-refractivity contribution in [3.05, 3.63) is 110 Å². The summed E-state index contributed by atoms with van der Waals surface area (Å²) in [5.41, 5.74) is 0. The van der Waals surface area contributed by atoms with Crippen LogP contribution in [-0.4, -0.2) is 10.4 Å². The molecule has 0 aliphatic rings. The van der Waals surface area contributed by atoms with E-state index in [1.165, 1.54) is 77.1 Å². The second-order valence-corrected chi connectivity index (χ2v) is 8.33. The Labute approximate surface area is 189 Å². The minimum absolute atomic E-state index is 1.31. The minimum Gasteiger partial charge on any atom is -0.346 e. The van der Waals surface area contributed by atoms with Gasteiger partial charge < -0.3 is 4.52 Å². The van der Waals surface area contributed by atoms with E-state index in [0.717, 1.165) is 0 Å². The van der Waals surface area contributed by atoms with E-state index in [1.807, 2.05) is 0 Å². The number of nitrogens with zero attached hydrogens (tertiary/aromatic N) is 2. The molecule has 3 nitrogen and oxygen atoms in total. The summed E-state index contributed by atoms with van der Waals surface area (Å²) in [6.45, 7) is 0. The second-order valence-electron chi connectivity index (χ2n) is 8.33. The third-order valence-electron chi connectivity index (χ3n) is 6.63. The Morgan fingerprint density at radius 2 is 0.909 bits per heavy atom. The lowest BCUT2D eigenvalue weighted by atomic mass is 9.86. The van der Waals surface area contributed by atoms with Gasteiger partial charge in [0.25, 0.3) is 0 Å². The molecule has 0 fully saturated rings. The van der Waals surface area contributed by atoms with Crippen molar-refractivity contribution in [3.63, 3.8) is 0 Å². The van der Waals surface area contributed by atoms with Gasteiger partial charge in [-0.15, -0.1) is 5.10 Å². The van der Waals surface area contributed by atoms with Crippen LogP contribution in [0, 0.1) is 0 Å². The third-order valence-corrected chi connectivity index (χ3v) is 6.63. The number of hydrogen-bond donors (Lipinski definition) is 0. The van der Waals surface area contributed by atoms with Gasteiger partial charge in [0.15, 0.2) is 0 Å². The Kier molecular flexibility index (Phi) is 3.84. The Hall–Kier alpha value is -4.50. The van der Waals surface area contributed by atoms with E-state index >= 15 is 0 Å². The van der Waals surface area contributed by atoms with Gasteiger partial charge in [0.05, 0.1) is 6.20 Å². The standard InChI is InChI=1S/C28H16.C2H2N2O/c1-3-9-19-17(7-1)15-25-23-13-6-12-22-20-10-4-2-8-18(20)16-26(28(22)23)24-14-5-11-21(19)27(24)25;1-2-5-4-3-1/h1-16H;1-2H. The molecule has 0 amide bonds. The third kappa shape index (κ3) is 2.63. The van der Waals surface area contributed by atoms with E-state index in [-0.39, 0.29) is 0 Å². The fraction of sp³-hybridized carbons (Fsp3) is 0. The van der Waals surface area contributed by atoms with Crippen LogP contribution in [0.3, 0.4) is 0 Å². The molecule has 0 aliphatic carbocycles. The lowest BCUT2D eigenvalue weighted by Gasteiger charge is -2.17. The SMILES string of the molecule is c1ccc2c(c1)cc1c3cccc4c5ccccc5cc(c5cccc2c51)c43.c1conn1. The van der Waals surface area contributed by atoms with E-state index < -0.39 is 0 Å². The van der Waals surface area contributed by atoms with Crippen LogP contribution in [0.1, 0.15) is 0 Å². The van der Waals surface area contributed by atoms with E-state index in [0.29, 0.717) is 0 Å². The molecule has 8 aromatic rings. The summed E-state index contributed by atoms with van der Waals surface area (Å²) in [5.74, 6) is 0. The van der Waals surface area contributed by atoms with E-state index in [1.54, 1.807) is 0 Å². The quantitative estimate of drug-likeness (QED) is 0.183. The molecule has 8 rings (SSSR count). The van der Waals surface area contributed by atoms with Crippen LogP contribution in [0.2, 0.25) is 0 Å². The van der Waals surface area contributed by atoms with Crippen molar-refractivity contribution < 1.29 is 4.52 Å². The van der Waals surface area contributed by atoms with Crippen LogP contribution in [0.4, 0.5) is 0 Å². The summed E-state index contributed by atoms with van der Waals surface area (Å²) < 4.78 is 4.22. The Morgan fingerprint density at radius 1 is 0.455 bits per heavy atom. The maximum absolute atomic E-state index is 4.22. The molecule has 0 unspecified atom stereocenters. The van der Waals surface area contributed by atoms with E-state index in [2.05, 4.69) is 112 Å². The van der Waals surface area contributed by atoms with Crippen molar-refractivity contribution in [2.24, 2.45) is 0 Å². The molecule has 0 atom stereocenters. The van der Waals surface area contributed by atoms with Gasteiger partial charge in [-0.25, -0.2) is 0 Å². The Morgan fingerprint density at radius 3 is 1.33 bits per heavy atom. The second kappa shape index (κ2) is 7.01. The van der Waals surface area contributed by atoms with Crippen LogP contribution < -0.4 is 0 Å². The maximum atomic E-state index is 4.22. The first-order valence-corrected chi connectivity index (χ1v) is 11.0. The van der Waals surface area contributed by atoms with Crippen LogP contribution in [-0.2, 0) is 0 Å². The molecular weight excluding hydrogens is 404 g/mol. The van der Waals surface area contributed by atoms with Gasteiger partial charge in [0, 0.05) is 5.27 Å². The minimum atomic E-state index is 1.31. The number of aromatic nitrogens is 2. The Bertz CT molecular complexity index is 1770. The summed E-state index contributed by atoms with van der Waals surface area (Å²) in [6, 6.07) is 35.8.